The van der Waals surface area contributed by atoms with E-state index >= 15 is 0 Å². The van der Waals surface area contributed by atoms with Crippen LogP contribution in [0.3, 0.4) is 0 Å². The van der Waals surface area contributed by atoms with E-state index in [4.69, 9.17) is 10.2 Å². The molecule has 228 valence electrons. The molecule has 0 radical (unpaired) electrons. The minimum atomic E-state index is -8.77. The Morgan fingerprint density at radius 3 is 1.38 bits per heavy atom. The molecule has 0 saturated heterocycles. The first kappa shape index (κ1) is 34.5. The summed E-state index contributed by atoms with van der Waals surface area (Å²) in [5.74, 6) is -61.5. The van der Waals surface area contributed by atoms with E-state index in [1.54, 1.807) is 0 Å². The van der Waals surface area contributed by atoms with Gasteiger partial charge in [0, 0.05) is 0 Å². The molecular weight excluding hydrogens is 619 g/mol. The molecule has 40 heavy (non-hydrogen) atoms. The average Bonchev–Trinajstić information content (AvgIpc) is 2.77. The highest BCUT2D eigenvalue weighted by Gasteiger charge is 2.93. The van der Waals surface area contributed by atoms with Crippen LogP contribution < -0.4 is 4.74 Å². The van der Waals surface area contributed by atoms with Crippen LogP contribution >= 0.6 is 0 Å². The lowest BCUT2D eigenvalue weighted by Gasteiger charge is -2.41. The van der Waals surface area contributed by atoms with Crippen LogP contribution in [0.1, 0.15) is 26.3 Å². The molecule has 22 heteroatoms. The van der Waals surface area contributed by atoms with Crippen molar-refractivity contribution in [2.45, 2.75) is 48.6 Å². The SMILES string of the molecule is Cc1cc(C(=O)O)c(OC(F)=C(F)C(F)(F)C(F)(F)C(F)(F)C(F)(F)C(F)(F)C(F)(F)C(F)(F)F)cc1C(=O)O. The minimum Gasteiger partial charge on any atom is -0.478 e. The van der Waals surface area contributed by atoms with E-state index in [9.17, 15) is 84.2 Å². The summed E-state index contributed by atoms with van der Waals surface area (Å²) in [6.07, 6.45) is -7.87. The van der Waals surface area contributed by atoms with Gasteiger partial charge >= 0.3 is 59.7 Å². The Balaban J connectivity index is 3.77. The Hall–Kier alpha value is -3.49. The largest absolute Gasteiger partial charge is 0.478 e. The van der Waals surface area contributed by atoms with Crippen LogP contribution in [0.15, 0.2) is 24.0 Å². The van der Waals surface area contributed by atoms with Crippen LogP contribution in [0.4, 0.5) is 74.6 Å². The van der Waals surface area contributed by atoms with Crippen molar-refractivity contribution in [3.63, 3.8) is 0 Å². The van der Waals surface area contributed by atoms with E-state index < -0.39 is 87.9 Å². The van der Waals surface area contributed by atoms with Crippen molar-refractivity contribution in [2.24, 2.45) is 0 Å². The van der Waals surface area contributed by atoms with Gasteiger partial charge in [0.05, 0.1) is 5.56 Å². The number of ether oxygens (including phenoxy) is 1. The van der Waals surface area contributed by atoms with E-state index in [1.165, 1.54) is 0 Å². The fourth-order valence-corrected chi connectivity index (χ4v) is 2.54. The van der Waals surface area contributed by atoms with Gasteiger partial charge in [0.1, 0.15) is 11.3 Å². The van der Waals surface area contributed by atoms with Gasteiger partial charge < -0.3 is 14.9 Å². The summed E-state index contributed by atoms with van der Waals surface area (Å²) in [5, 5.41) is 17.8. The zero-order valence-electron chi connectivity index (χ0n) is 18.2. The molecule has 0 saturated carbocycles. The number of hydrogen-bond donors (Lipinski definition) is 2. The molecule has 0 fully saturated rings. The quantitative estimate of drug-likeness (QED) is 0.211. The van der Waals surface area contributed by atoms with Gasteiger partial charge in [0.25, 0.3) is 0 Å². The van der Waals surface area contributed by atoms with E-state index in [1.807, 2.05) is 0 Å². The van der Waals surface area contributed by atoms with Crippen molar-refractivity contribution in [2.75, 3.05) is 0 Å². The number of benzene rings is 1. The van der Waals surface area contributed by atoms with Crippen molar-refractivity contribution in [3.8, 4) is 5.75 Å². The number of hydrogen-bond acceptors (Lipinski definition) is 3. The number of aromatic carboxylic acids is 2. The van der Waals surface area contributed by atoms with Crippen LogP contribution in [0.2, 0.25) is 0 Å². The van der Waals surface area contributed by atoms with E-state index in [-0.39, 0.29) is 12.1 Å². The van der Waals surface area contributed by atoms with Crippen LogP contribution in [0.5, 0.6) is 5.75 Å². The standard InChI is InChI=1S/C18H7F17O5/c1-4-2-6(11(38)39)7(3-5(4)10(36)37)40-9(20)8(19)12(21,22)13(23,24)14(25,26)15(27,28)16(29,30)17(31,32)18(33,34)35/h2-3H,1H3,(H,36,37)(H,38,39). The number of carboxylic acid groups (broad SMARTS) is 2. The molecule has 0 spiro atoms. The molecule has 1 aromatic rings. The van der Waals surface area contributed by atoms with E-state index in [0.717, 1.165) is 6.92 Å². The maximum absolute atomic E-state index is 13.9. The van der Waals surface area contributed by atoms with Crippen molar-refractivity contribution in [1.29, 1.82) is 0 Å². The van der Waals surface area contributed by atoms with Gasteiger partial charge in [-0.25, -0.2) is 9.59 Å². The Labute approximate surface area is 207 Å². The van der Waals surface area contributed by atoms with Gasteiger partial charge in [-0.15, -0.1) is 0 Å². The maximum Gasteiger partial charge on any atom is 0.460 e. The lowest BCUT2D eigenvalue weighted by molar-refractivity contribution is -0.451. The predicted molar refractivity (Wildman–Crippen MR) is 90.7 cm³/mol. The summed E-state index contributed by atoms with van der Waals surface area (Å²) in [5.41, 5.74) is -3.02. The number of halogens is 17. The monoisotopic (exact) mass is 626 g/mol. The Morgan fingerprint density at radius 2 is 1.00 bits per heavy atom. The third-order valence-electron chi connectivity index (χ3n) is 4.76. The molecule has 0 aliphatic carbocycles. The Kier molecular flexibility index (Phi) is 8.51. The highest BCUT2D eigenvalue weighted by Crippen LogP contribution is 2.63. The van der Waals surface area contributed by atoms with Crippen LogP contribution in [-0.2, 0) is 0 Å². The van der Waals surface area contributed by atoms with Crippen LogP contribution in [-0.4, -0.2) is 63.9 Å². The van der Waals surface area contributed by atoms with Gasteiger partial charge in [-0.1, -0.05) is 0 Å². The molecule has 0 unspecified atom stereocenters. The topological polar surface area (TPSA) is 83.8 Å². The molecule has 5 nitrogen and oxygen atoms in total. The van der Waals surface area contributed by atoms with Crippen LogP contribution in [0, 0.1) is 6.92 Å². The smallest absolute Gasteiger partial charge is 0.460 e. The molecule has 0 atom stereocenters. The summed E-state index contributed by atoms with van der Waals surface area (Å²) in [6, 6.07) is -3.72. The Morgan fingerprint density at radius 1 is 0.625 bits per heavy atom. The lowest BCUT2D eigenvalue weighted by Crippen LogP contribution is -2.72. The molecule has 0 aromatic heterocycles. The van der Waals surface area contributed by atoms with Gasteiger partial charge in [-0.05, 0) is 24.6 Å². The summed E-state index contributed by atoms with van der Waals surface area (Å²) >= 11 is 0. The normalized spacial score (nSPS) is 15.1. The molecule has 1 aromatic carbocycles. The van der Waals surface area contributed by atoms with Crippen molar-refractivity contribution >= 4 is 11.9 Å². The minimum absolute atomic E-state index is 0.0766. The highest BCUT2D eigenvalue weighted by molar-refractivity contribution is 5.95. The fourth-order valence-electron chi connectivity index (χ4n) is 2.54. The van der Waals surface area contributed by atoms with Crippen molar-refractivity contribution in [3.05, 3.63) is 40.7 Å². The number of alkyl halides is 15. The average molecular weight is 626 g/mol. The zero-order chi connectivity index (χ0) is 32.2. The summed E-state index contributed by atoms with van der Waals surface area (Å²) in [6.45, 7) is 0.863. The summed E-state index contributed by atoms with van der Waals surface area (Å²) in [7, 11) is 0. The third-order valence-corrected chi connectivity index (χ3v) is 4.76. The predicted octanol–water partition coefficient (Wildman–Crippen LogP) is 7.25. The first-order valence-electron chi connectivity index (χ1n) is 9.13. The lowest BCUT2D eigenvalue weighted by atomic mass is 9.91. The number of carboxylic acids is 2. The van der Waals surface area contributed by atoms with E-state index in [0.29, 0.717) is 0 Å². The molecule has 2 N–H and O–H groups in total. The molecule has 0 amide bonds. The fraction of sp³-hybridized carbons (Fsp3) is 0.444. The third kappa shape index (κ3) is 4.95. The summed E-state index contributed by atoms with van der Waals surface area (Å²) in [4.78, 5) is 22.2. The second-order valence-corrected chi connectivity index (χ2v) is 7.41. The number of allylic oxidation sites excluding steroid dienone is 1. The van der Waals surface area contributed by atoms with Crippen LogP contribution in [0.25, 0.3) is 0 Å². The molecule has 1 rings (SSSR count). The second kappa shape index (κ2) is 9.85. The van der Waals surface area contributed by atoms with Gasteiger partial charge in [0.15, 0.2) is 0 Å². The Bertz CT molecular complexity index is 1220. The molecule has 0 aliphatic rings. The van der Waals surface area contributed by atoms with Gasteiger partial charge in [-0.2, -0.15) is 74.6 Å². The number of carbonyl (C=O) groups is 2. The molecule has 0 aliphatic heterocycles. The zero-order valence-corrected chi connectivity index (χ0v) is 18.2. The molecule has 0 heterocycles. The second-order valence-electron chi connectivity index (χ2n) is 7.41. The van der Waals surface area contributed by atoms with Gasteiger partial charge in [0.2, 0.25) is 5.83 Å². The summed E-state index contributed by atoms with van der Waals surface area (Å²) < 4.78 is 229. The van der Waals surface area contributed by atoms with Crippen molar-refractivity contribution in [1.82, 2.24) is 0 Å². The van der Waals surface area contributed by atoms with E-state index in [2.05, 4.69) is 4.74 Å². The molecule has 0 bridgehead atoms. The first-order chi connectivity index (χ1) is 17.4. The number of rotatable bonds is 10. The number of aryl methyl sites for hydroxylation is 1. The molecular formula is C18H7F17O5. The highest BCUT2D eigenvalue weighted by atomic mass is 19.4. The van der Waals surface area contributed by atoms with Gasteiger partial charge in [-0.3, -0.25) is 0 Å². The maximum atomic E-state index is 13.9. The van der Waals surface area contributed by atoms with Crippen molar-refractivity contribution < 1.29 is 99.2 Å². The first-order valence-corrected chi connectivity index (χ1v) is 9.13.